The Bertz CT molecular complexity index is 598. The van der Waals surface area contributed by atoms with E-state index in [2.05, 4.69) is 12.2 Å². The van der Waals surface area contributed by atoms with Crippen LogP contribution in [0.5, 0.6) is 0 Å². The van der Waals surface area contributed by atoms with Gasteiger partial charge in [0.15, 0.2) is 0 Å². The smallest absolute Gasteiger partial charge is 0.240 e. The molecule has 0 saturated heterocycles. The molecule has 0 aliphatic rings. The lowest BCUT2D eigenvalue weighted by Gasteiger charge is -2.21. The van der Waals surface area contributed by atoms with Crippen LogP contribution >= 0.6 is 11.6 Å². The first-order chi connectivity index (χ1) is 10.6. The number of nitrogens with one attached hydrogen (secondary N) is 1. The van der Waals surface area contributed by atoms with Gasteiger partial charge in [-0.1, -0.05) is 48.9 Å². The summed E-state index contributed by atoms with van der Waals surface area (Å²) in [5.74, 6) is 0.0404. The summed E-state index contributed by atoms with van der Waals surface area (Å²) < 4.78 is 0. The molecule has 3 nitrogen and oxygen atoms in total. The summed E-state index contributed by atoms with van der Waals surface area (Å²) in [6, 6.07) is 17.5. The first-order valence-electron chi connectivity index (χ1n) is 7.42. The van der Waals surface area contributed by atoms with Gasteiger partial charge in [0.1, 0.15) is 0 Å². The molecule has 0 aliphatic carbocycles. The molecule has 2 rings (SSSR count). The lowest BCUT2D eigenvalue weighted by atomic mass is 10.0. The van der Waals surface area contributed by atoms with Crippen molar-refractivity contribution in [3.8, 4) is 0 Å². The van der Waals surface area contributed by atoms with E-state index in [1.54, 1.807) is 11.9 Å². The Morgan fingerprint density at radius 3 is 2.36 bits per heavy atom. The second-order valence-electron chi connectivity index (χ2n) is 5.18. The molecule has 2 aromatic carbocycles. The van der Waals surface area contributed by atoms with Crippen molar-refractivity contribution in [3.63, 3.8) is 0 Å². The topological polar surface area (TPSA) is 32.3 Å². The number of nitrogens with zero attached hydrogens (tertiary/aromatic N) is 1. The minimum absolute atomic E-state index is 0.0404. The molecule has 22 heavy (non-hydrogen) atoms. The fourth-order valence-corrected chi connectivity index (χ4v) is 2.44. The first kappa shape index (κ1) is 16.5. The Kier molecular flexibility index (Phi) is 5.99. The van der Waals surface area contributed by atoms with Gasteiger partial charge in [0.2, 0.25) is 5.91 Å². The molecule has 0 heterocycles. The van der Waals surface area contributed by atoms with E-state index in [4.69, 9.17) is 11.6 Å². The van der Waals surface area contributed by atoms with E-state index < -0.39 is 0 Å². The Morgan fingerprint density at radius 2 is 1.77 bits per heavy atom. The average molecular weight is 317 g/mol. The number of hydrogen-bond donors (Lipinski definition) is 1. The van der Waals surface area contributed by atoms with Crippen LogP contribution in [0.1, 0.15) is 24.9 Å². The maximum atomic E-state index is 12.3. The third kappa shape index (κ3) is 4.33. The molecular weight excluding hydrogens is 296 g/mol. The number of para-hydroxylation sites is 1. The number of carbonyl (C=O) groups is 1. The standard InChI is InChI=1S/C18H21ClN2O/c1-3-17(14-9-11-15(19)12-10-14)20-13-18(22)21(2)16-7-5-4-6-8-16/h4-12,17,20H,3,13H2,1-2H3. The van der Waals surface area contributed by atoms with Crippen LogP contribution in [0.3, 0.4) is 0 Å². The van der Waals surface area contributed by atoms with Crippen molar-refractivity contribution < 1.29 is 4.79 Å². The Labute approximate surface area is 136 Å². The van der Waals surface area contributed by atoms with E-state index in [9.17, 15) is 4.79 Å². The molecule has 1 amide bonds. The molecule has 1 N–H and O–H groups in total. The number of likely N-dealkylation sites (N-methyl/N-ethyl adjacent to an activating group) is 1. The second kappa shape index (κ2) is 7.97. The summed E-state index contributed by atoms with van der Waals surface area (Å²) in [4.78, 5) is 14.0. The molecule has 0 bridgehead atoms. The predicted molar refractivity (Wildman–Crippen MR) is 92.3 cm³/mol. The normalized spacial score (nSPS) is 12.0. The number of anilines is 1. The molecule has 0 saturated carbocycles. The van der Waals surface area contributed by atoms with Crippen molar-refractivity contribution in [2.75, 3.05) is 18.5 Å². The molecule has 0 aliphatic heterocycles. The summed E-state index contributed by atoms with van der Waals surface area (Å²) in [5.41, 5.74) is 2.04. The summed E-state index contributed by atoms with van der Waals surface area (Å²) in [6.07, 6.45) is 0.907. The Balaban J connectivity index is 1.95. The summed E-state index contributed by atoms with van der Waals surface area (Å²) >= 11 is 5.92. The van der Waals surface area contributed by atoms with Crippen LogP contribution in [0, 0.1) is 0 Å². The number of amides is 1. The highest BCUT2D eigenvalue weighted by Crippen LogP contribution is 2.19. The molecule has 0 spiro atoms. The van der Waals surface area contributed by atoms with Crippen LogP contribution in [-0.4, -0.2) is 19.5 Å². The zero-order valence-corrected chi connectivity index (χ0v) is 13.7. The van der Waals surface area contributed by atoms with Crippen molar-refractivity contribution in [3.05, 3.63) is 65.2 Å². The van der Waals surface area contributed by atoms with Gasteiger partial charge in [-0.05, 0) is 36.2 Å². The Hall–Kier alpha value is -1.84. The van der Waals surface area contributed by atoms with Gasteiger partial charge in [0.05, 0.1) is 6.54 Å². The third-order valence-electron chi connectivity index (χ3n) is 3.70. The Morgan fingerprint density at radius 1 is 1.14 bits per heavy atom. The third-order valence-corrected chi connectivity index (χ3v) is 3.95. The van der Waals surface area contributed by atoms with Gasteiger partial charge >= 0.3 is 0 Å². The minimum atomic E-state index is 0.0404. The lowest BCUT2D eigenvalue weighted by Crippen LogP contribution is -2.37. The quantitative estimate of drug-likeness (QED) is 0.872. The van der Waals surface area contributed by atoms with Gasteiger partial charge in [0.25, 0.3) is 0 Å². The molecule has 116 valence electrons. The van der Waals surface area contributed by atoms with Gasteiger partial charge in [-0.25, -0.2) is 0 Å². The van der Waals surface area contributed by atoms with E-state index in [0.717, 1.165) is 22.7 Å². The minimum Gasteiger partial charge on any atom is -0.314 e. The van der Waals surface area contributed by atoms with Crippen molar-refractivity contribution >= 4 is 23.2 Å². The van der Waals surface area contributed by atoms with Gasteiger partial charge in [-0.2, -0.15) is 0 Å². The maximum Gasteiger partial charge on any atom is 0.240 e. The molecule has 0 radical (unpaired) electrons. The monoisotopic (exact) mass is 316 g/mol. The highest BCUT2D eigenvalue weighted by Gasteiger charge is 2.14. The molecule has 1 atom stereocenters. The molecule has 4 heteroatoms. The molecule has 0 fully saturated rings. The van der Waals surface area contributed by atoms with Crippen LogP contribution < -0.4 is 10.2 Å². The number of benzene rings is 2. The fraction of sp³-hybridized carbons (Fsp3) is 0.278. The average Bonchev–Trinajstić information content (AvgIpc) is 2.56. The van der Waals surface area contributed by atoms with E-state index in [0.29, 0.717) is 6.54 Å². The van der Waals surface area contributed by atoms with Crippen molar-refractivity contribution in [2.24, 2.45) is 0 Å². The number of carbonyl (C=O) groups excluding carboxylic acids is 1. The van der Waals surface area contributed by atoms with Gasteiger partial charge < -0.3 is 10.2 Å². The van der Waals surface area contributed by atoms with Crippen molar-refractivity contribution in [1.82, 2.24) is 5.32 Å². The number of halogens is 1. The largest absolute Gasteiger partial charge is 0.314 e. The SMILES string of the molecule is CCC(NCC(=O)N(C)c1ccccc1)c1ccc(Cl)cc1. The summed E-state index contributed by atoms with van der Waals surface area (Å²) in [5, 5.41) is 4.04. The highest BCUT2D eigenvalue weighted by molar-refractivity contribution is 6.30. The van der Waals surface area contributed by atoms with Gasteiger partial charge in [-0.15, -0.1) is 0 Å². The number of rotatable bonds is 6. The molecular formula is C18H21ClN2O. The van der Waals surface area contributed by atoms with E-state index in [1.807, 2.05) is 54.6 Å². The van der Waals surface area contributed by atoms with Crippen molar-refractivity contribution in [1.29, 1.82) is 0 Å². The van der Waals surface area contributed by atoms with Crippen LogP contribution in [0.4, 0.5) is 5.69 Å². The van der Waals surface area contributed by atoms with Gasteiger partial charge in [-0.3, -0.25) is 4.79 Å². The first-order valence-corrected chi connectivity index (χ1v) is 7.80. The zero-order chi connectivity index (χ0) is 15.9. The molecule has 0 aromatic heterocycles. The molecule has 2 aromatic rings. The van der Waals surface area contributed by atoms with E-state index in [-0.39, 0.29) is 11.9 Å². The zero-order valence-electron chi connectivity index (χ0n) is 12.9. The number of hydrogen-bond acceptors (Lipinski definition) is 2. The van der Waals surface area contributed by atoms with Crippen LogP contribution in [-0.2, 0) is 4.79 Å². The fourth-order valence-electron chi connectivity index (χ4n) is 2.32. The van der Waals surface area contributed by atoms with E-state index in [1.165, 1.54) is 0 Å². The lowest BCUT2D eigenvalue weighted by molar-refractivity contribution is -0.117. The van der Waals surface area contributed by atoms with E-state index >= 15 is 0 Å². The maximum absolute atomic E-state index is 12.3. The second-order valence-corrected chi connectivity index (χ2v) is 5.62. The summed E-state index contributed by atoms with van der Waals surface area (Å²) in [7, 11) is 1.79. The van der Waals surface area contributed by atoms with Crippen molar-refractivity contribution in [2.45, 2.75) is 19.4 Å². The molecule has 1 unspecified atom stereocenters. The van der Waals surface area contributed by atoms with Crippen LogP contribution in [0.15, 0.2) is 54.6 Å². The van der Waals surface area contributed by atoms with Crippen LogP contribution in [0.25, 0.3) is 0 Å². The van der Waals surface area contributed by atoms with Crippen LogP contribution in [0.2, 0.25) is 5.02 Å². The highest BCUT2D eigenvalue weighted by atomic mass is 35.5. The van der Waals surface area contributed by atoms with Gasteiger partial charge in [0, 0.05) is 23.8 Å². The predicted octanol–water partition coefficient (Wildman–Crippen LogP) is 4.04. The summed E-state index contributed by atoms with van der Waals surface area (Å²) in [6.45, 7) is 2.39.